The van der Waals surface area contributed by atoms with Gasteiger partial charge in [0.15, 0.2) is 0 Å². The zero-order valence-electron chi connectivity index (χ0n) is 13.4. The quantitative estimate of drug-likeness (QED) is 0.278. The summed E-state index contributed by atoms with van der Waals surface area (Å²) in [5, 5.41) is 13.2. The summed E-state index contributed by atoms with van der Waals surface area (Å²) in [6.45, 7) is -0.338. The van der Waals surface area contributed by atoms with E-state index in [0.717, 1.165) is 0 Å². The largest absolute Gasteiger partial charge is 0.468 e. The van der Waals surface area contributed by atoms with Crippen molar-refractivity contribution in [2.24, 2.45) is 0 Å². The molecule has 7 N–H and O–H groups in total. The van der Waals surface area contributed by atoms with Crippen LogP contribution in [0.2, 0.25) is 0 Å². The number of benzene rings is 1. The smallest absolute Gasteiger partial charge is 0.325 e. The summed E-state index contributed by atoms with van der Waals surface area (Å²) < 4.78 is 4.42. The number of esters is 1. The van der Waals surface area contributed by atoms with Crippen molar-refractivity contribution >= 4 is 40.7 Å². The maximum atomic E-state index is 12.0. The molecule has 1 amide bonds. The van der Waals surface area contributed by atoms with Crippen LogP contribution in [0.25, 0.3) is 0 Å². The van der Waals surface area contributed by atoms with Crippen LogP contribution in [-0.2, 0) is 14.3 Å². The molecule has 2 rings (SSSR count). The Morgan fingerprint density at radius 1 is 1.28 bits per heavy atom. The lowest BCUT2D eigenvalue weighted by atomic mass is 10.1. The van der Waals surface area contributed by atoms with E-state index in [1.54, 1.807) is 18.2 Å². The molecule has 0 fully saturated rings. The van der Waals surface area contributed by atoms with Gasteiger partial charge in [-0.2, -0.15) is 4.98 Å². The second-order valence-electron chi connectivity index (χ2n) is 4.86. The highest BCUT2D eigenvalue weighted by Crippen LogP contribution is 2.21. The molecular weight excluding hydrogens is 326 g/mol. The van der Waals surface area contributed by atoms with Gasteiger partial charge in [-0.1, -0.05) is 0 Å². The number of nitrogen functional groups attached to an aromatic ring is 2. The van der Waals surface area contributed by atoms with Gasteiger partial charge >= 0.3 is 5.97 Å². The number of methoxy groups -OCH3 is 1. The molecule has 0 aliphatic carbocycles. The summed E-state index contributed by atoms with van der Waals surface area (Å²) in [6, 6.07) is 6.34. The monoisotopic (exact) mass is 343 g/mol. The lowest BCUT2D eigenvalue weighted by Crippen LogP contribution is -2.35. The van der Waals surface area contributed by atoms with E-state index >= 15 is 0 Å². The first-order valence-corrected chi connectivity index (χ1v) is 7.09. The van der Waals surface area contributed by atoms with Crippen LogP contribution in [0.5, 0.6) is 0 Å². The molecule has 0 radical (unpaired) electrons. The van der Waals surface area contributed by atoms with Gasteiger partial charge in [-0.05, 0) is 24.3 Å². The highest BCUT2D eigenvalue weighted by atomic mass is 16.5. The number of rotatable bonds is 6. The standard InChI is InChI=1S/C15H17N7O3/c1-25-12(23)7-20-14(24)13(17)9-6-8(2-3-10(9)16)21-11-4-5-19-15(18)22-11/h2-6,17H,7,16H2,1H3,(H,20,24)(H3,18,19,21,22). The molecule has 130 valence electrons. The number of hydrogen-bond donors (Lipinski definition) is 5. The Hall–Kier alpha value is -3.69. The topological polar surface area (TPSA) is 169 Å². The van der Waals surface area contributed by atoms with Gasteiger partial charge in [0.05, 0.1) is 7.11 Å². The van der Waals surface area contributed by atoms with E-state index in [4.69, 9.17) is 16.9 Å². The molecule has 0 spiro atoms. The average molecular weight is 343 g/mol. The fraction of sp³-hybridized carbons (Fsp3) is 0.133. The van der Waals surface area contributed by atoms with E-state index in [-0.39, 0.29) is 29.5 Å². The van der Waals surface area contributed by atoms with E-state index in [1.165, 1.54) is 19.4 Å². The van der Waals surface area contributed by atoms with Gasteiger partial charge in [0.25, 0.3) is 5.91 Å². The van der Waals surface area contributed by atoms with Gasteiger partial charge in [0.1, 0.15) is 18.1 Å². The minimum absolute atomic E-state index is 0.107. The summed E-state index contributed by atoms with van der Waals surface area (Å²) in [4.78, 5) is 30.8. The summed E-state index contributed by atoms with van der Waals surface area (Å²) in [5.41, 5.74) is 12.0. The van der Waals surface area contributed by atoms with Crippen LogP contribution in [0.1, 0.15) is 5.56 Å². The Kier molecular flexibility index (Phi) is 5.46. The Bertz CT molecular complexity index is 823. The van der Waals surface area contributed by atoms with Gasteiger partial charge in [-0.3, -0.25) is 15.0 Å². The molecule has 25 heavy (non-hydrogen) atoms. The van der Waals surface area contributed by atoms with E-state index in [1.807, 2.05) is 0 Å². The van der Waals surface area contributed by atoms with E-state index in [9.17, 15) is 9.59 Å². The molecule has 0 saturated heterocycles. The number of amides is 1. The second kappa shape index (κ2) is 7.73. The predicted molar refractivity (Wildman–Crippen MR) is 92.4 cm³/mol. The molecule has 10 nitrogen and oxygen atoms in total. The number of aromatic nitrogens is 2. The highest BCUT2D eigenvalue weighted by molar-refractivity contribution is 6.45. The Morgan fingerprint density at radius 3 is 2.72 bits per heavy atom. The maximum Gasteiger partial charge on any atom is 0.325 e. The average Bonchev–Trinajstić information content (AvgIpc) is 2.60. The van der Waals surface area contributed by atoms with Crippen molar-refractivity contribution in [3.05, 3.63) is 36.0 Å². The number of nitrogens with two attached hydrogens (primary N) is 2. The molecule has 0 atom stereocenters. The molecule has 1 aromatic heterocycles. The normalized spacial score (nSPS) is 9.96. The minimum atomic E-state index is -0.750. The molecular formula is C15H17N7O3. The molecule has 1 heterocycles. The van der Waals surface area contributed by atoms with Crippen LogP contribution in [0.15, 0.2) is 30.5 Å². The fourth-order valence-electron chi connectivity index (χ4n) is 1.88. The van der Waals surface area contributed by atoms with E-state index in [0.29, 0.717) is 11.5 Å². The zero-order chi connectivity index (χ0) is 18.4. The number of anilines is 4. The third-order valence-corrected chi connectivity index (χ3v) is 3.12. The number of carbonyl (C=O) groups is 2. The summed E-state index contributed by atoms with van der Waals surface area (Å²) in [7, 11) is 1.20. The molecule has 10 heteroatoms. The van der Waals surface area contributed by atoms with Crippen LogP contribution < -0.4 is 22.1 Å². The molecule has 0 aliphatic heterocycles. The number of nitrogens with one attached hydrogen (secondary N) is 3. The van der Waals surface area contributed by atoms with Crippen molar-refractivity contribution in [2.75, 3.05) is 30.4 Å². The van der Waals surface area contributed by atoms with Gasteiger partial charge in [-0.25, -0.2) is 4.98 Å². The van der Waals surface area contributed by atoms with Gasteiger partial charge in [-0.15, -0.1) is 0 Å². The zero-order valence-corrected chi connectivity index (χ0v) is 13.4. The van der Waals surface area contributed by atoms with Crippen molar-refractivity contribution in [1.29, 1.82) is 5.41 Å². The summed E-state index contributed by atoms with van der Waals surface area (Å²) in [6.07, 6.45) is 1.49. The van der Waals surface area contributed by atoms with E-state index in [2.05, 4.69) is 25.3 Å². The number of nitrogens with zero attached hydrogens (tertiary/aromatic N) is 2. The van der Waals surface area contributed by atoms with Crippen LogP contribution in [-0.4, -0.2) is 41.2 Å². The van der Waals surface area contributed by atoms with E-state index < -0.39 is 11.9 Å². The third kappa shape index (κ3) is 4.64. The summed E-state index contributed by atoms with van der Waals surface area (Å²) in [5.74, 6) is -0.813. The first kappa shape index (κ1) is 17.7. The third-order valence-electron chi connectivity index (χ3n) is 3.12. The van der Waals surface area contributed by atoms with Crippen LogP contribution in [0.4, 0.5) is 23.1 Å². The van der Waals surface area contributed by atoms with Gasteiger partial charge in [0.2, 0.25) is 5.95 Å². The number of carbonyl (C=O) groups excluding carboxylic acids is 2. The van der Waals surface area contributed by atoms with Crippen LogP contribution in [0.3, 0.4) is 0 Å². The molecule has 0 unspecified atom stereocenters. The maximum absolute atomic E-state index is 12.0. The van der Waals surface area contributed by atoms with Crippen molar-refractivity contribution in [3.8, 4) is 0 Å². The molecule has 0 saturated carbocycles. The highest BCUT2D eigenvalue weighted by Gasteiger charge is 2.16. The number of ether oxygens (including phenoxy) is 1. The SMILES string of the molecule is COC(=O)CNC(=O)C(=N)c1cc(Nc2ccnc(N)n2)ccc1N. The lowest BCUT2D eigenvalue weighted by Gasteiger charge is -2.11. The van der Waals surface area contributed by atoms with Crippen molar-refractivity contribution in [1.82, 2.24) is 15.3 Å². The second-order valence-corrected chi connectivity index (χ2v) is 4.86. The van der Waals surface area contributed by atoms with Gasteiger partial charge < -0.3 is 26.8 Å². The predicted octanol–water partition coefficient (Wildman–Crippen LogP) is 0.0417. The summed E-state index contributed by atoms with van der Waals surface area (Å²) >= 11 is 0. The van der Waals surface area contributed by atoms with Crippen molar-refractivity contribution in [2.45, 2.75) is 0 Å². The first-order chi connectivity index (χ1) is 11.9. The number of hydrogen-bond acceptors (Lipinski definition) is 9. The van der Waals surface area contributed by atoms with Gasteiger partial charge in [0, 0.05) is 23.1 Å². The Morgan fingerprint density at radius 2 is 2.04 bits per heavy atom. The van der Waals surface area contributed by atoms with Crippen molar-refractivity contribution < 1.29 is 14.3 Å². The fourth-order valence-corrected chi connectivity index (χ4v) is 1.88. The molecule has 0 aliphatic rings. The Labute approximate surface area is 143 Å². The Balaban J connectivity index is 2.16. The molecule has 1 aromatic carbocycles. The molecule has 0 bridgehead atoms. The van der Waals surface area contributed by atoms with Crippen LogP contribution in [0, 0.1) is 5.41 Å². The van der Waals surface area contributed by atoms with Crippen molar-refractivity contribution in [3.63, 3.8) is 0 Å². The molecule has 2 aromatic rings. The minimum Gasteiger partial charge on any atom is -0.468 e. The van der Waals surface area contributed by atoms with Crippen LogP contribution >= 0.6 is 0 Å². The first-order valence-electron chi connectivity index (χ1n) is 7.09. The lowest BCUT2D eigenvalue weighted by molar-refractivity contribution is -0.140.